The Labute approximate surface area is 247 Å². The molecule has 1 saturated carbocycles. The van der Waals surface area contributed by atoms with Gasteiger partial charge in [0.05, 0.1) is 46.8 Å². The van der Waals surface area contributed by atoms with Crippen LogP contribution in [0.2, 0.25) is 0 Å². The predicted molar refractivity (Wildman–Crippen MR) is 165 cm³/mol. The number of aliphatic hydroxyl groups is 1. The Morgan fingerprint density at radius 3 is 2.52 bits per heavy atom. The first-order valence-corrected chi connectivity index (χ1v) is 16.3. The number of sulfonamides is 1. The van der Waals surface area contributed by atoms with Crippen LogP contribution >= 0.6 is 0 Å². The van der Waals surface area contributed by atoms with Crippen LogP contribution in [0.5, 0.6) is 0 Å². The summed E-state index contributed by atoms with van der Waals surface area (Å²) >= 11 is 0. The molecule has 0 unspecified atom stereocenters. The topological polar surface area (TPSA) is 116 Å². The second kappa shape index (κ2) is 11.2. The number of carbonyl (C=O) groups excluding carboxylic acids is 1. The number of amides is 1. The zero-order valence-electron chi connectivity index (χ0n) is 24.6. The van der Waals surface area contributed by atoms with Gasteiger partial charge in [-0.3, -0.25) is 4.79 Å². The van der Waals surface area contributed by atoms with Crippen molar-refractivity contribution in [3.05, 3.63) is 48.2 Å². The zero-order valence-corrected chi connectivity index (χ0v) is 25.4. The smallest absolute Gasteiger partial charge is 0.255 e. The van der Waals surface area contributed by atoms with Gasteiger partial charge < -0.3 is 29.5 Å². The van der Waals surface area contributed by atoms with E-state index in [-0.39, 0.29) is 23.5 Å². The van der Waals surface area contributed by atoms with Crippen LogP contribution in [0.1, 0.15) is 49.9 Å². The number of nitrogens with one attached hydrogen (secondary N) is 2. The molecule has 10 nitrogen and oxygen atoms in total. The van der Waals surface area contributed by atoms with Crippen LogP contribution in [0.15, 0.2) is 47.5 Å². The fraction of sp³-hybridized carbons (Fsp3) is 0.516. The van der Waals surface area contributed by atoms with Crippen molar-refractivity contribution in [3.8, 4) is 0 Å². The lowest BCUT2D eigenvalue weighted by atomic mass is 9.93. The summed E-state index contributed by atoms with van der Waals surface area (Å²) < 4.78 is 36.6. The van der Waals surface area contributed by atoms with Gasteiger partial charge in [0.15, 0.2) is 0 Å². The maximum absolute atomic E-state index is 13.8. The molecule has 0 bridgehead atoms. The van der Waals surface area contributed by atoms with E-state index in [9.17, 15) is 18.3 Å². The molecule has 1 amide bonds. The SMILES string of the molecule is C[C@@H]1CN(c2cc(C(=O)Nc3ccc(S(=O)(=O)N[C@@H](C)CO)cc3N3CCC4(CC3)CC4)cc3ccn(C)c23)CCO1. The molecule has 226 valence electrons. The summed E-state index contributed by atoms with van der Waals surface area (Å²) in [5, 5.41) is 13.5. The number of piperidine rings is 1. The molecule has 3 heterocycles. The quantitative estimate of drug-likeness (QED) is 0.364. The molecule has 2 saturated heterocycles. The van der Waals surface area contributed by atoms with E-state index < -0.39 is 16.1 Å². The Kier molecular flexibility index (Phi) is 7.71. The summed E-state index contributed by atoms with van der Waals surface area (Å²) in [5.74, 6) is -0.247. The number of benzene rings is 2. The second-order valence-electron chi connectivity index (χ2n) is 12.3. The van der Waals surface area contributed by atoms with Crippen LogP contribution in [0, 0.1) is 5.41 Å². The molecular weight excluding hydrogens is 554 g/mol. The van der Waals surface area contributed by atoms with E-state index in [4.69, 9.17) is 4.74 Å². The first kappa shape index (κ1) is 29.0. The molecular formula is C31H41N5O5S. The molecule has 3 N–H and O–H groups in total. The number of morpholine rings is 1. The van der Waals surface area contributed by atoms with E-state index >= 15 is 0 Å². The molecule has 2 atom stereocenters. The van der Waals surface area contributed by atoms with Gasteiger partial charge in [0, 0.05) is 56.4 Å². The Hall–Kier alpha value is -3.12. The first-order valence-electron chi connectivity index (χ1n) is 14.9. The lowest BCUT2D eigenvalue weighted by Gasteiger charge is -2.35. The van der Waals surface area contributed by atoms with Crippen molar-refractivity contribution in [2.45, 2.75) is 56.6 Å². The number of ether oxygens (including phenoxy) is 1. The molecule has 1 aliphatic carbocycles. The molecule has 2 aliphatic heterocycles. The highest BCUT2D eigenvalue weighted by molar-refractivity contribution is 7.89. The Morgan fingerprint density at radius 1 is 1.07 bits per heavy atom. The fourth-order valence-electron chi connectivity index (χ4n) is 6.34. The van der Waals surface area contributed by atoms with Gasteiger partial charge >= 0.3 is 0 Å². The average molecular weight is 596 g/mol. The number of aliphatic hydroxyl groups excluding tert-OH is 1. The van der Waals surface area contributed by atoms with Crippen molar-refractivity contribution < 1.29 is 23.1 Å². The maximum Gasteiger partial charge on any atom is 0.255 e. The summed E-state index contributed by atoms with van der Waals surface area (Å²) in [6, 6.07) is 10.1. The van der Waals surface area contributed by atoms with Crippen molar-refractivity contribution in [1.29, 1.82) is 0 Å². The Balaban J connectivity index is 1.33. The Morgan fingerprint density at radius 2 is 1.83 bits per heavy atom. The number of aryl methyl sites for hydroxylation is 1. The number of hydrogen-bond donors (Lipinski definition) is 3. The predicted octanol–water partition coefficient (Wildman–Crippen LogP) is 3.70. The molecule has 42 heavy (non-hydrogen) atoms. The number of fused-ring (bicyclic) bond motifs is 1. The third kappa shape index (κ3) is 5.75. The molecule has 3 aromatic rings. The summed E-state index contributed by atoms with van der Waals surface area (Å²) in [6.45, 7) is 7.10. The molecule has 1 aromatic heterocycles. The number of anilines is 3. The minimum atomic E-state index is -3.85. The maximum atomic E-state index is 13.8. The molecule has 6 rings (SSSR count). The average Bonchev–Trinajstić information content (AvgIpc) is 3.63. The number of hydrogen-bond acceptors (Lipinski definition) is 7. The van der Waals surface area contributed by atoms with E-state index in [1.807, 2.05) is 31.4 Å². The summed E-state index contributed by atoms with van der Waals surface area (Å²) in [7, 11) is -1.84. The van der Waals surface area contributed by atoms with Gasteiger partial charge in [-0.1, -0.05) is 0 Å². The second-order valence-corrected chi connectivity index (χ2v) is 14.0. The van der Waals surface area contributed by atoms with Gasteiger partial charge in [0.2, 0.25) is 10.0 Å². The largest absolute Gasteiger partial charge is 0.395 e. The Bertz CT molecular complexity index is 1590. The first-order chi connectivity index (χ1) is 20.1. The molecule has 3 fully saturated rings. The van der Waals surface area contributed by atoms with Crippen LogP contribution in [-0.4, -0.2) is 75.5 Å². The fourth-order valence-corrected chi connectivity index (χ4v) is 7.59. The van der Waals surface area contributed by atoms with Crippen molar-refractivity contribution in [2.24, 2.45) is 12.5 Å². The molecule has 0 radical (unpaired) electrons. The molecule has 11 heteroatoms. The minimum absolute atomic E-state index is 0.0954. The summed E-state index contributed by atoms with van der Waals surface area (Å²) in [4.78, 5) is 18.4. The number of carbonyl (C=O) groups is 1. The van der Waals surface area contributed by atoms with Gasteiger partial charge in [-0.2, -0.15) is 0 Å². The van der Waals surface area contributed by atoms with Crippen molar-refractivity contribution in [3.63, 3.8) is 0 Å². The highest BCUT2D eigenvalue weighted by Crippen LogP contribution is 2.54. The van der Waals surface area contributed by atoms with Crippen LogP contribution in [0.25, 0.3) is 10.9 Å². The zero-order chi connectivity index (χ0) is 29.6. The van der Waals surface area contributed by atoms with E-state index in [1.54, 1.807) is 19.1 Å². The molecule has 2 aromatic carbocycles. The molecule has 3 aliphatic rings. The van der Waals surface area contributed by atoms with Gasteiger partial charge in [-0.25, -0.2) is 13.1 Å². The summed E-state index contributed by atoms with van der Waals surface area (Å²) in [6.07, 6.45) is 6.73. The third-order valence-electron chi connectivity index (χ3n) is 9.07. The van der Waals surface area contributed by atoms with Crippen LogP contribution in [0.3, 0.4) is 0 Å². The van der Waals surface area contributed by atoms with E-state index in [0.29, 0.717) is 29.0 Å². The van der Waals surface area contributed by atoms with Gasteiger partial charge in [-0.05, 0) is 81.3 Å². The number of rotatable bonds is 8. The minimum Gasteiger partial charge on any atom is -0.395 e. The lowest BCUT2D eigenvalue weighted by molar-refractivity contribution is 0.0533. The van der Waals surface area contributed by atoms with Crippen LogP contribution < -0.4 is 19.8 Å². The van der Waals surface area contributed by atoms with E-state index in [0.717, 1.165) is 55.6 Å². The van der Waals surface area contributed by atoms with E-state index in [1.165, 1.54) is 18.9 Å². The monoisotopic (exact) mass is 595 g/mol. The standard InChI is InChI=1S/C31H41N5O5S/c1-21(20-37)33-42(39,40)25-4-5-26(27(18-25)35-12-9-31(7-8-31)10-13-35)32-30(38)24-16-23-6-11-34(3)29(23)28(17-24)36-14-15-41-22(2)19-36/h4-6,11,16-18,21-22,33,37H,7-10,12-15,19-20H2,1-3H3,(H,32,38)/t21-,22+/m0/s1. The molecule has 1 spiro atoms. The normalized spacial score (nSPS) is 21.1. The van der Waals surface area contributed by atoms with Crippen molar-refractivity contribution in [1.82, 2.24) is 9.29 Å². The highest BCUT2D eigenvalue weighted by atomic mass is 32.2. The van der Waals surface area contributed by atoms with E-state index in [2.05, 4.69) is 31.3 Å². The third-order valence-corrected chi connectivity index (χ3v) is 10.7. The van der Waals surface area contributed by atoms with Crippen molar-refractivity contribution in [2.75, 3.05) is 54.5 Å². The van der Waals surface area contributed by atoms with Crippen LogP contribution in [-0.2, 0) is 21.8 Å². The number of aromatic nitrogens is 1. The number of nitrogens with zero attached hydrogens (tertiary/aromatic N) is 3. The van der Waals surface area contributed by atoms with Crippen LogP contribution in [0.4, 0.5) is 17.1 Å². The van der Waals surface area contributed by atoms with Crippen molar-refractivity contribution >= 4 is 43.9 Å². The van der Waals surface area contributed by atoms with Gasteiger partial charge in [0.1, 0.15) is 0 Å². The lowest BCUT2D eigenvalue weighted by Crippen LogP contribution is -2.41. The van der Waals surface area contributed by atoms with Gasteiger partial charge in [-0.15, -0.1) is 0 Å². The van der Waals surface area contributed by atoms with Gasteiger partial charge in [0.25, 0.3) is 5.91 Å². The highest BCUT2D eigenvalue weighted by Gasteiger charge is 2.44. The summed E-state index contributed by atoms with van der Waals surface area (Å²) in [5.41, 5.74) is 4.33.